The summed E-state index contributed by atoms with van der Waals surface area (Å²) in [7, 11) is 0. The molecule has 3 unspecified atom stereocenters. The van der Waals surface area contributed by atoms with Crippen LogP contribution in [0.4, 0.5) is 0 Å². The van der Waals surface area contributed by atoms with Gasteiger partial charge in [-0.15, -0.1) is 0 Å². The quantitative estimate of drug-likeness (QED) is 0.277. The maximum absolute atomic E-state index is 14.9. The van der Waals surface area contributed by atoms with E-state index in [-0.39, 0.29) is 23.2 Å². The standard InChI is InChI=1S/C45H51NO20/c1-22(47)57-21-44-36(61-25(4)50)32(59-23(2)48)31-34(63-38(53)28-14-11-10-12-15-28)45(44)43(9,56)35(33(60-24(3)49)37(44)62-26(5)51)64-40(55)41(7,65-27(6)52)18-17-30-29(16-13-19-46-30)39(54)58-20-42(31,8)66-45/h10-16,19,31-37,56H,17-18,20-21H2,1-9H3/t31?,32-,33+,34-,35+,36-,37+,41?,42+,43-,44-,45?/m1/s1. The monoisotopic (exact) mass is 925 g/mol. The van der Waals surface area contributed by atoms with Gasteiger partial charge in [0, 0.05) is 54.2 Å². The molecule has 3 fully saturated rings. The molecule has 4 bridgehead atoms. The second-order valence-electron chi connectivity index (χ2n) is 17.3. The van der Waals surface area contributed by atoms with Crippen molar-refractivity contribution >= 4 is 53.7 Å². The molecule has 0 radical (unpaired) electrons. The van der Waals surface area contributed by atoms with Crippen LogP contribution < -0.4 is 0 Å². The van der Waals surface area contributed by atoms with E-state index in [0.717, 1.165) is 48.5 Å². The number of cyclic esters (lactones) is 1. The van der Waals surface area contributed by atoms with Gasteiger partial charge in [0.05, 0.1) is 22.7 Å². The number of carbonyl (C=O) groups excluding carboxylic acids is 9. The Hall–Kier alpha value is -6.48. The highest BCUT2D eigenvalue weighted by molar-refractivity contribution is 5.91. The summed E-state index contributed by atoms with van der Waals surface area (Å²) in [5, 5.41) is 13.8. The Morgan fingerprint density at radius 3 is 1.89 bits per heavy atom. The minimum absolute atomic E-state index is 0.0691. The molecule has 4 aliphatic rings. The summed E-state index contributed by atoms with van der Waals surface area (Å²) in [6.07, 6.45) is -12.2. The van der Waals surface area contributed by atoms with E-state index in [4.69, 9.17) is 47.4 Å². The van der Waals surface area contributed by atoms with Crippen molar-refractivity contribution in [1.29, 1.82) is 0 Å². The van der Waals surface area contributed by atoms with E-state index in [0.29, 0.717) is 0 Å². The summed E-state index contributed by atoms with van der Waals surface area (Å²) < 4.78 is 61.0. The molecule has 1 N–H and O–H groups in total. The van der Waals surface area contributed by atoms with Gasteiger partial charge in [-0.2, -0.15) is 0 Å². The van der Waals surface area contributed by atoms with Crippen LogP contribution in [0.15, 0.2) is 48.7 Å². The highest BCUT2D eigenvalue weighted by Gasteiger charge is 2.92. The van der Waals surface area contributed by atoms with Crippen molar-refractivity contribution in [1.82, 2.24) is 4.98 Å². The van der Waals surface area contributed by atoms with E-state index in [1.54, 1.807) is 6.07 Å². The highest BCUT2D eigenvalue weighted by Crippen LogP contribution is 2.70. The van der Waals surface area contributed by atoms with Crippen LogP contribution in [0.2, 0.25) is 0 Å². The third-order valence-electron chi connectivity index (χ3n) is 12.5. The number of rotatable bonds is 9. The first-order valence-electron chi connectivity index (χ1n) is 20.9. The Morgan fingerprint density at radius 1 is 0.727 bits per heavy atom. The van der Waals surface area contributed by atoms with Gasteiger partial charge in [0.2, 0.25) is 5.60 Å². The fourth-order valence-electron chi connectivity index (χ4n) is 10.1. The molecule has 12 atom stereocenters. The average Bonchev–Trinajstić information content (AvgIpc) is 3.45. The van der Waals surface area contributed by atoms with Crippen LogP contribution in [0, 0.1) is 11.3 Å². The lowest BCUT2D eigenvalue weighted by molar-refractivity contribution is -0.386. The number of carbonyl (C=O) groups is 9. The Balaban J connectivity index is 1.82. The molecule has 1 aromatic carbocycles. The predicted octanol–water partition coefficient (Wildman–Crippen LogP) is 1.84. The Morgan fingerprint density at radius 2 is 1.32 bits per heavy atom. The molecule has 66 heavy (non-hydrogen) atoms. The maximum atomic E-state index is 14.9. The Kier molecular flexibility index (Phi) is 13.4. The number of esters is 9. The minimum atomic E-state index is -3.03. The zero-order chi connectivity index (χ0) is 48.7. The zero-order valence-corrected chi connectivity index (χ0v) is 37.6. The second-order valence-corrected chi connectivity index (χ2v) is 17.3. The summed E-state index contributed by atoms with van der Waals surface area (Å²) in [4.78, 5) is 127. The molecule has 1 spiro atoms. The van der Waals surface area contributed by atoms with Crippen molar-refractivity contribution in [3.8, 4) is 0 Å². The lowest BCUT2D eigenvalue weighted by atomic mass is 9.45. The van der Waals surface area contributed by atoms with Gasteiger partial charge in [-0.1, -0.05) is 18.2 Å². The Bertz CT molecular complexity index is 2310. The highest BCUT2D eigenvalue weighted by atomic mass is 16.7. The second kappa shape index (κ2) is 18.1. The molecule has 1 saturated heterocycles. The number of benzene rings is 1. The Labute approximate surface area is 377 Å². The van der Waals surface area contributed by atoms with Crippen LogP contribution in [0.5, 0.6) is 0 Å². The molecule has 2 aromatic rings. The summed E-state index contributed by atoms with van der Waals surface area (Å²) in [5.74, 6) is -11.6. The normalized spacial score (nSPS) is 34.6. The summed E-state index contributed by atoms with van der Waals surface area (Å²) in [5.41, 5.74) is -13.3. The molecule has 6 rings (SSSR count). The third kappa shape index (κ3) is 8.44. The molecule has 2 aliphatic heterocycles. The van der Waals surface area contributed by atoms with E-state index in [1.807, 2.05) is 0 Å². The van der Waals surface area contributed by atoms with Gasteiger partial charge in [0.1, 0.15) is 42.0 Å². The fraction of sp³-hybridized carbons (Fsp3) is 0.556. The number of pyridine rings is 1. The molecule has 21 heteroatoms. The maximum Gasteiger partial charge on any atom is 0.350 e. The number of ether oxygens (including phenoxy) is 10. The first-order valence-corrected chi connectivity index (χ1v) is 20.9. The van der Waals surface area contributed by atoms with Gasteiger partial charge in [0.25, 0.3) is 0 Å². The van der Waals surface area contributed by atoms with Crippen molar-refractivity contribution < 1.29 is 95.6 Å². The van der Waals surface area contributed by atoms with Gasteiger partial charge in [-0.3, -0.25) is 33.8 Å². The first kappa shape index (κ1) is 49.0. The van der Waals surface area contributed by atoms with Crippen molar-refractivity contribution in [2.24, 2.45) is 11.3 Å². The van der Waals surface area contributed by atoms with E-state index in [2.05, 4.69) is 4.98 Å². The van der Waals surface area contributed by atoms with Gasteiger partial charge in [0.15, 0.2) is 30.0 Å². The molecular weight excluding hydrogens is 874 g/mol. The summed E-state index contributed by atoms with van der Waals surface area (Å²) in [6, 6.07) is 10.2. The van der Waals surface area contributed by atoms with Gasteiger partial charge in [-0.05, 0) is 51.5 Å². The van der Waals surface area contributed by atoms with Crippen LogP contribution in [-0.2, 0) is 87.4 Å². The predicted molar refractivity (Wildman–Crippen MR) is 216 cm³/mol. The molecule has 2 saturated carbocycles. The van der Waals surface area contributed by atoms with Gasteiger partial charge >= 0.3 is 53.7 Å². The van der Waals surface area contributed by atoms with E-state index in [9.17, 15) is 48.3 Å². The average molecular weight is 926 g/mol. The number of hydrogen-bond donors (Lipinski definition) is 1. The number of nitrogens with zero attached hydrogens (tertiary/aromatic N) is 1. The SMILES string of the molecule is CC(=O)OC[C@]12[C@H](OC(C)=O)[C@H](OC(C)=O)C3[C@@H](OC(=O)c4ccccc4)C14O[C@@]3(C)COC(=O)c1cccnc1CCC(C)(OC(C)=O)C(=O)O[C@@H]([C@H](OC(C)=O)[C@@H]2OC(C)=O)[C@@]4(C)O. The van der Waals surface area contributed by atoms with Crippen LogP contribution in [-0.4, -0.2) is 136 Å². The van der Waals surface area contributed by atoms with Crippen LogP contribution in [0.3, 0.4) is 0 Å². The number of fused-ring (bicyclic) bond motifs is 5. The van der Waals surface area contributed by atoms with Crippen LogP contribution in [0.25, 0.3) is 0 Å². The van der Waals surface area contributed by atoms with Crippen LogP contribution >= 0.6 is 0 Å². The molecular formula is C45H51NO20. The third-order valence-corrected chi connectivity index (χ3v) is 12.5. The van der Waals surface area contributed by atoms with Crippen molar-refractivity contribution in [2.45, 2.75) is 134 Å². The molecule has 1 aromatic heterocycles. The molecule has 3 heterocycles. The lowest BCUT2D eigenvalue weighted by Gasteiger charge is -2.67. The zero-order valence-electron chi connectivity index (χ0n) is 37.6. The largest absolute Gasteiger partial charge is 0.465 e. The topological polar surface area (TPSA) is 279 Å². The van der Waals surface area contributed by atoms with Gasteiger partial charge in [-0.25, -0.2) is 14.4 Å². The summed E-state index contributed by atoms with van der Waals surface area (Å²) >= 11 is 0. The van der Waals surface area contributed by atoms with E-state index < -0.39 is 144 Å². The van der Waals surface area contributed by atoms with Crippen molar-refractivity contribution in [3.63, 3.8) is 0 Å². The number of hydrogen-bond acceptors (Lipinski definition) is 21. The van der Waals surface area contributed by atoms with Crippen LogP contribution in [0.1, 0.15) is 95.1 Å². The van der Waals surface area contributed by atoms with Crippen molar-refractivity contribution in [2.75, 3.05) is 13.2 Å². The number of aromatic nitrogens is 1. The molecule has 2 aliphatic carbocycles. The minimum Gasteiger partial charge on any atom is -0.465 e. The summed E-state index contributed by atoms with van der Waals surface area (Å²) in [6.45, 7) is 7.32. The smallest absolute Gasteiger partial charge is 0.350 e. The van der Waals surface area contributed by atoms with E-state index in [1.165, 1.54) is 56.4 Å². The lowest BCUT2D eigenvalue weighted by Crippen LogP contribution is -2.89. The molecule has 356 valence electrons. The fourth-order valence-corrected chi connectivity index (χ4v) is 10.1. The number of aliphatic hydroxyl groups is 1. The molecule has 0 amide bonds. The number of aryl methyl sites for hydroxylation is 1. The van der Waals surface area contributed by atoms with Gasteiger partial charge < -0.3 is 52.5 Å². The van der Waals surface area contributed by atoms with Crippen molar-refractivity contribution in [3.05, 3.63) is 65.5 Å². The molecule has 21 nitrogen and oxygen atoms in total. The van der Waals surface area contributed by atoms with E-state index >= 15 is 0 Å². The first-order chi connectivity index (χ1) is 30.8.